The molecule has 4 unspecified atom stereocenters. The van der Waals surface area contributed by atoms with Crippen molar-refractivity contribution in [3.8, 4) is 0 Å². The van der Waals surface area contributed by atoms with E-state index in [-0.39, 0.29) is 77.7 Å². The lowest BCUT2D eigenvalue weighted by molar-refractivity contribution is -0.151. The highest BCUT2D eigenvalue weighted by Crippen LogP contribution is 2.69. The summed E-state index contributed by atoms with van der Waals surface area (Å²) in [5.74, 6) is -2.04. The summed E-state index contributed by atoms with van der Waals surface area (Å²) in [6.45, 7) is 7.90. The first-order valence-electron chi connectivity index (χ1n) is 16.0. The third kappa shape index (κ3) is 6.47. The molecule has 1 N–H and O–H groups in total. The summed E-state index contributed by atoms with van der Waals surface area (Å²) >= 11 is 13.1. The van der Waals surface area contributed by atoms with E-state index in [4.69, 9.17) is 23.2 Å². The standard InChI is InChI=1S/C35H42Cl2F3NO4/c1-19-7-5-6-8-26(36)28(29(19)37)27(42)10-9-22(20-17-24-25(18-20)33(24,2)3)30(43)23-13-16-41(31(23)35(38,39)40)21-11-14-34(4,15-12-21)32(44)45/h5-6,8,13,16,19-22,24-25H,7,9-12,14-15,17-18H2,1-4H3,(H,44,45)/t19?,20?,21?,22?,24-,25?,34?/m1/s1. The number of carbonyl (C=O) groups excluding carboxylic acids is 2. The molecule has 1 aromatic rings. The van der Waals surface area contributed by atoms with Crippen molar-refractivity contribution < 1.29 is 32.7 Å². The normalized spacial score (nSPS) is 31.9. The maximum Gasteiger partial charge on any atom is 0.432 e. The Morgan fingerprint density at radius 1 is 1.09 bits per heavy atom. The molecule has 10 heteroatoms. The first-order valence-corrected chi connectivity index (χ1v) is 16.7. The van der Waals surface area contributed by atoms with Crippen LogP contribution in [0.5, 0.6) is 0 Å². The monoisotopic (exact) mass is 667 g/mol. The number of hydrogen-bond acceptors (Lipinski definition) is 3. The zero-order valence-corrected chi connectivity index (χ0v) is 27.7. The van der Waals surface area contributed by atoms with Crippen molar-refractivity contribution in [3.63, 3.8) is 0 Å². The number of hydrogen-bond donors (Lipinski definition) is 1. The number of aliphatic carboxylic acids is 1. The van der Waals surface area contributed by atoms with E-state index < -0.39 is 41.0 Å². The number of halogens is 5. The molecule has 0 bridgehead atoms. The van der Waals surface area contributed by atoms with Crippen molar-refractivity contribution >= 4 is 40.7 Å². The molecule has 1 heterocycles. The second-order valence-electron chi connectivity index (χ2n) is 14.6. The summed E-state index contributed by atoms with van der Waals surface area (Å²) in [7, 11) is 0. The lowest BCUT2D eigenvalue weighted by atomic mass is 9.74. The van der Waals surface area contributed by atoms with Crippen LogP contribution in [0, 0.1) is 40.4 Å². The molecule has 5 atom stereocenters. The number of carbonyl (C=O) groups is 3. The average Bonchev–Trinajstić information content (AvgIpc) is 3.38. The van der Waals surface area contributed by atoms with E-state index >= 15 is 0 Å². The van der Waals surface area contributed by atoms with Crippen LogP contribution in [-0.4, -0.2) is 27.2 Å². The summed E-state index contributed by atoms with van der Waals surface area (Å²) in [6, 6.07) is 0.709. The van der Waals surface area contributed by atoms with Gasteiger partial charge in [-0.15, -0.1) is 0 Å². The van der Waals surface area contributed by atoms with Gasteiger partial charge in [-0.2, -0.15) is 13.2 Å². The molecular weight excluding hydrogens is 626 g/mol. The fourth-order valence-electron chi connectivity index (χ4n) is 8.29. The second-order valence-corrected chi connectivity index (χ2v) is 15.4. The van der Waals surface area contributed by atoms with Crippen LogP contribution in [-0.2, 0) is 15.8 Å². The maximum atomic E-state index is 14.7. The smallest absolute Gasteiger partial charge is 0.432 e. The first-order chi connectivity index (χ1) is 21.0. The number of fused-ring (bicyclic) bond motifs is 1. The topological polar surface area (TPSA) is 76.4 Å². The van der Waals surface area contributed by atoms with E-state index in [2.05, 4.69) is 13.8 Å². The Bertz CT molecular complexity index is 1450. The largest absolute Gasteiger partial charge is 0.481 e. The average molecular weight is 669 g/mol. The zero-order chi connectivity index (χ0) is 33.1. The van der Waals surface area contributed by atoms with Crippen molar-refractivity contribution in [1.82, 2.24) is 4.57 Å². The highest BCUT2D eigenvalue weighted by atomic mass is 35.5. The quantitative estimate of drug-likeness (QED) is 0.266. The molecule has 45 heavy (non-hydrogen) atoms. The minimum absolute atomic E-state index is 0.0594. The second kappa shape index (κ2) is 12.4. The summed E-state index contributed by atoms with van der Waals surface area (Å²) in [4.78, 5) is 39.6. The number of Topliss-reactive ketones (excluding diaryl/α,β-unsaturated/α-hetero) is 2. The molecule has 4 aliphatic carbocycles. The molecule has 246 valence electrons. The van der Waals surface area contributed by atoms with Crippen LogP contribution in [0.4, 0.5) is 13.2 Å². The molecule has 0 aromatic carbocycles. The van der Waals surface area contributed by atoms with Gasteiger partial charge >= 0.3 is 12.1 Å². The Morgan fingerprint density at radius 3 is 2.29 bits per heavy atom. The number of carboxylic acid groups (broad SMARTS) is 1. The molecule has 0 spiro atoms. The van der Waals surface area contributed by atoms with Gasteiger partial charge < -0.3 is 9.67 Å². The minimum atomic E-state index is -4.79. The summed E-state index contributed by atoms with van der Waals surface area (Å²) < 4.78 is 45.3. The molecule has 5 nitrogen and oxygen atoms in total. The molecular formula is C35H42Cl2F3NO4. The van der Waals surface area contributed by atoms with Gasteiger partial charge in [-0.25, -0.2) is 0 Å². The Balaban J connectivity index is 1.43. The fourth-order valence-corrected chi connectivity index (χ4v) is 8.92. The van der Waals surface area contributed by atoms with Crippen LogP contribution in [0.25, 0.3) is 0 Å². The molecule has 5 rings (SSSR count). The van der Waals surface area contributed by atoms with Gasteiger partial charge in [0.1, 0.15) is 5.69 Å². The minimum Gasteiger partial charge on any atom is -0.481 e. The van der Waals surface area contributed by atoms with Gasteiger partial charge in [0.25, 0.3) is 0 Å². The Kier molecular flexibility index (Phi) is 9.35. The molecule has 4 aliphatic rings. The Labute approximate surface area is 272 Å². The van der Waals surface area contributed by atoms with Crippen LogP contribution in [0.2, 0.25) is 0 Å². The van der Waals surface area contributed by atoms with E-state index in [0.29, 0.717) is 23.3 Å². The molecule has 3 fully saturated rings. The lowest BCUT2D eigenvalue weighted by Crippen LogP contribution is -2.34. The maximum absolute atomic E-state index is 14.7. The highest BCUT2D eigenvalue weighted by molar-refractivity contribution is 6.40. The van der Waals surface area contributed by atoms with Crippen molar-refractivity contribution in [2.45, 2.75) is 97.7 Å². The van der Waals surface area contributed by atoms with Gasteiger partial charge in [-0.05, 0) is 99.5 Å². The number of alkyl halides is 3. The summed E-state index contributed by atoms with van der Waals surface area (Å²) in [5.41, 5.74) is -1.95. The first kappa shape index (κ1) is 34.0. The van der Waals surface area contributed by atoms with E-state index in [1.165, 1.54) is 12.3 Å². The third-order valence-corrected chi connectivity index (χ3v) is 12.3. The van der Waals surface area contributed by atoms with Gasteiger partial charge in [-0.3, -0.25) is 14.4 Å². The van der Waals surface area contributed by atoms with E-state index in [9.17, 15) is 32.7 Å². The number of ketones is 2. The Hall–Kier alpha value is -2.32. The van der Waals surface area contributed by atoms with E-state index in [1.807, 2.05) is 13.0 Å². The van der Waals surface area contributed by atoms with Gasteiger partial charge in [0, 0.05) is 35.2 Å². The fraction of sp³-hybridized carbons (Fsp3) is 0.629. The van der Waals surface area contributed by atoms with Crippen molar-refractivity contribution in [1.29, 1.82) is 0 Å². The van der Waals surface area contributed by atoms with Crippen LogP contribution in [0.1, 0.15) is 108 Å². The van der Waals surface area contributed by atoms with Gasteiger partial charge in [-0.1, -0.05) is 56.1 Å². The third-order valence-electron chi connectivity index (χ3n) is 11.5. The molecule has 0 aliphatic heterocycles. The van der Waals surface area contributed by atoms with Gasteiger partial charge in [0.15, 0.2) is 11.6 Å². The number of carboxylic acids is 1. The SMILES string of the molecule is CC1CC=CC=C(Cl)C(C(=O)CCC(C(=O)c2ccn(C3CCC(C)(C(=O)O)CC3)c2C(F)(F)F)C2CC3[C@@H](C2)C3(C)C)=C1Cl. The number of aromatic nitrogens is 1. The highest BCUT2D eigenvalue weighted by Gasteiger charge is 2.63. The van der Waals surface area contributed by atoms with Crippen LogP contribution >= 0.6 is 23.2 Å². The molecule has 3 saturated carbocycles. The number of allylic oxidation sites excluding steroid dienone is 6. The molecule has 1 aromatic heterocycles. The number of nitrogens with zero attached hydrogens (tertiary/aromatic N) is 1. The molecule has 0 radical (unpaired) electrons. The molecule has 0 amide bonds. The van der Waals surface area contributed by atoms with Crippen molar-refractivity contribution in [2.75, 3.05) is 0 Å². The zero-order valence-electron chi connectivity index (χ0n) is 26.2. The number of rotatable bonds is 9. The Morgan fingerprint density at radius 2 is 1.71 bits per heavy atom. The predicted octanol–water partition coefficient (Wildman–Crippen LogP) is 9.75. The van der Waals surface area contributed by atoms with Crippen LogP contribution in [0.15, 0.2) is 46.1 Å². The van der Waals surface area contributed by atoms with Crippen molar-refractivity contribution in [2.24, 2.45) is 40.4 Å². The van der Waals surface area contributed by atoms with Gasteiger partial charge in [0.05, 0.1) is 16.0 Å². The van der Waals surface area contributed by atoms with Crippen molar-refractivity contribution in [3.05, 3.63) is 57.4 Å². The predicted molar refractivity (Wildman–Crippen MR) is 168 cm³/mol. The molecule has 0 saturated heterocycles. The van der Waals surface area contributed by atoms with Crippen LogP contribution in [0.3, 0.4) is 0 Å². The van der Waals surface area contributed by atoms with Gasteiger partial charge in [0.2, 0.25) is 0 Å². The summed E-state index contributed by atoms with van der Waals surface area (Å²) in [6.07, 6.45) is 5.04. The van der Waals surface area contributed by atoms with E-state index in [0.717, 1.165) is 17.4 Å². The van der Waals surface area contributed by atoms with E-state index in [1.54, 1.807) is 19.1 Å². The van der Waals surface area contributed by atoms with Crippen LogP contribution < -0.4 is 0 Å². The summed E-state index contributed by atoms with van der Waals surface area (Å²) in [5, 5.41) is 10.2. The lowest BCUT2D eigenvalue weighted by Gasteiger charge is -2.35.